The summed E-state index contributed by atoms with van der Waals surface area (Å²) in [6.07, 6.45) is 9.23. The van der Waals surface area contributed by atoms with Gasteiger partial charge in [0.2, 0.25) is 5.91 Å². The molecule has 26 heavy (non-hydrogen) atoms. The van der Waals surface area contributed by atoms with E-state index in [1.165, 1.54) is 44.1 Å². The van der Waals surface area contributed by atoms with E-state index in [1.807, 2.05) is 17.0 Å². The van der Waals surface area contributed by atoms with Gasteiger partial charge in [0.15, 0.2) is 5.96 Å². The number of benzene rings is 1. The Hall–Kier alpha value is -1.31. The lowest BCUT2D eigenvalue weighted by molar-refractivity contribution is -0.128. The number of likely N-dealkylation sites (tertiary alicyclic amines) is 1. The van der Waals surface area contributed by atoms with Crippen LogP contribution in [0.2, 0.25) is 0 Å². The topological polar surface area (TPSA) is 70.7 Å². The number of nitrogens with one attached hydrogen (secondary N) is 1. The molecule has 1 aromatic carbocycles. The van der Waals surface area contributed by atoms with E-state index >= 15 is 0 Å². The van der Waals surface area contributed by atoms with Crippen LogP contribution in [-0.2, 0) is 17.9 Å². The summed E-state index contributed by atoms with van der Waals surface area (Å²) in [4.78, 5) is 18.4. The van der Waals surface area contributed by atoms with Crippen LogP contribution in [0.4, 0.5) is 0 Å². The van der Waals surface area contributed by atoms with Crippen LogP contribution in [0.5, 0.6) is 0 Å². The van der Waals surface area contributed by atoms with Crippen molar-refractivity contribution in [3.8, 4) is 0 Å². The zero-order chi connectivity index (χ0) is 17.5. The molecule has 6 heteroatoms. The van der Waals surface area contributed by atoms with Gasteiger partial charge in [-0.3, -0.25) is 4.79 Å². The van der Waals surface area contributed by atoms with Crippen molar-refractivity contribution in [1.82, 2.24) is 10.2 Å². The number of amides is 1. The highest BCUT2D eigenvalue weighted by molar-refractivity contribution is 14.0. The number of hydrogen-bond donors (Lipinski definition) is 2. The van der Waals surface area contributed by atoms with E-state index in [1.54, 1.807) is 0 Å². The Morgan fingerprint density at radius 1 is 1.12 bits per heavy atom. The fraction of sp³-hybridized carbons (Fsp3) is 0.600. The van der Waals surface area contributed by atoms with Gasteiger partial charge in [-0.25, -0.2) is 4.99 Å². The maximum absolute atomic E-state index is 11.9. The molecule has 2 aliphatic rings. The van der Waals surface area contributed by atoms with Crippen molar-refractivity contribution in [1.29, 1.82) is 0 Å². The number of carbonyl (C=O) groups is 1. The van der Waals surface area contributed by atoms with Crippen molar-refractivity contribution in [2.24, 2.45) is 10.7 Å². The van der Waals surface area contributed by atoms with Gasteiger partial charge in [0, 0.05) is 25.6 Å². The van der Waals surface area contributed by atoms with Crippen LogP contribution in [0.25, 0.3) is 0 Å². The van der Waals surface area contributed by atoms with E-state index in [2.05, 4.69) is 22.4 Å². The molecule has 1 heterocycles. The predicted molar refractivity (Wildman–Crippen MR) is 116 cm³/mol. The van der Waals surface area contributed by atoms with E-state index in [9.17, 15) is 4.79 Å². The number of aliphatic imine (C=N–C) groups is 1. The molecule has 1 aromatic rings. The van der Waals surface area contributed by atoms with Gasteiger partial charge < -0.3 is 16.0 Å². The van der Waals surface area contributed by atoms with Crippen molar-refractivity contribution in [3.63, 3.8) is 0 Å². The molecule has 5 nitrogen and oxygen atoms in total. The normalized spacial score (nSPS) is 19.2. The molecule has 0 unspecified atom stereocenters. The van der Waals surface area contributed by atoms with Crippen molar-refractivity contribution in [2.75, 3.05) is 6.54 Å². The van der Waals surface area contributed by atoms with Gasteiger partial charge in [0.25, 0.3) is 0 Å². The molecule has 1 amide bonds. The first-order valence-corrected chi connectivity index (χ1v) is 9.63. The van der Waals surface area contributed by atoms with Crippen molar-refractivity contribution in [2.45, 2.75) is 70.5 Å². The van der Waals surface area contributed by atoms with Crippen LogP contribution in [0.1, 0.15) is 62.5 Å². The van der Waals surface area contributed by atoms with Crippen molar-refractivity contribution >= 4 is 35.8 Å². The molecule has 0 radical (unpaired) electrons. The maximum atomic E-state index is 11.9. The summed E-state index contributed by atoms with van der Waals surface area (Å²) in [5.74, 6) is 0.798. The quantitative estimate of drug-likeness (QED) is 0.299. The highest BCUT2D eigenvalue weighted by Gasteiger charge is 2.20. The number of halogens is 1. The lowest BCUT2D eigenvalue weighted by Gasteiger charge is -2.18. The molecular formula is C20H31IN4O. The van der Waals surface area contributed by atoms with Crippen LogP contribution in [0.3, 0.4) is 0 Å². The highest BCUT2D eigenvalue weighted by atomic mass is 127. The molecule has 0 atom stereocenters. The summed E-state index contributed by atoms with van der Waals surface area (Å²) in [5.41, 5.74) is 8.43. The molecule has 2 fully saturated rings. The van der Waals surface area contributed by atoms with Gasteiger partial charge in [0.05, 0.1) is 6.54 Å². The molecule has 1 saturated heterocycles. The zero-order valence-electron chi connectivity index (χ0n) is 15.5. The molecule has 1 aliphatic carbocycles. The highest BCUT2D eigenvalue weighted by Crippen LogP contribution is 2.19. The molecule has 0 bridgehead atoms. The van der Waals surface area contributed by atoms with E-state index in [0.29, 0.717) is 31.5 Å². The second-order valence-corrected chi connectivity index (χ2v) is 7.22. The monoisotopic (exact) mass is 470 g/mol. The largest absolute Gasteiger partial charge is 0.370 e. The fourth-order valence-corrected chi connectivity index (χ4v) is 3.79. The van der Waals surface area contributed by atoms with E-state index in [4.69, 9.17) is 5.73 Å². The minimum absolute atomic E-state index is 0. The predicted octanol–water partition coefficient (Wildman–Crippen LogP) is 3.55. The smallest absolute Gasteiger partial charge is 0.222 e. The van der Waals surface area contributed by atoms with Crippen LogP contribution < -0.4 is 11.1 Å². The Bertz CT molecular complexity index is 612. The lowest BCUT2D eigenvalue weighted by atomic mass is 10.1. The number of nitrogens with zero attached hydrogens (tertiary/aromatic N) is 2. The first-order valence-electron chi connectivity index (χ1n) is 9.63. The van der Waals surface area contributed by atoms with Gasteiger partial charge in [-0.05, 0) is 30.4 Å². The third kappa shape index (κ3) is 6.14. The van der Waals surface area contributed by atoms with Gasteiger partial charge in [-0.15, -0.1) is 24.0 Å². The summed E-state index contributed by atoms with van der Waals surface area (Å²) in [6, 6.07) is 8.68. The molecule has 0 spiro atoms. The van der Waals surface area contributed by atoms with Gasteiger partial charge in [-0.2, -0.15) is 0 Å². The second kappa shape index (κ2) is 10.7. The van der Waals surface area contributed by atoms with E-state index < -0.39 is 0 Å². The third-order valence-corrected chi connectivity index (χ3v) is 5.28. The summed E-state index contributed by atoms with van der Waals surface area (Å²) in [6.45, 7) is 2.10. The SMILES string of the molecule is I.NC(=NCc1ccccc1CN1CCCC1=O)NC1CCCCCC1. The summed E-state index contributed by atoms with van der Waals surface area (Å²) in [5, 5.41) is 3.39. The van der Waals surface area contributed by atoms with E-state index in [0.717, 1.165) is 18.5 Å². The summed E-state index contributed by atoms with van der Waals surface area (Å²) < 4.78 is 0. The summed E-state index contributed by atoms with van der Waals surface area (Å²) >= 11 is 0. The number of rotatable bonds is 5. The molecule has 3 rings (SSSR count). The Morgan fingerprint density at radius 2 is 1.81 bits per heavy atom. The number of nitrogens with two attached hydrogens (primary N) is 1. The zero-order valence-corrected chi connectivity index (χ0v) is 17.8. The van der Waals surface area contributed by atoms with Gasteiger partial charge >= 0.3 is 0 Å². The van der Waals surface area contributed by atoms with Gasteiger partial charge in [0.1, 0.15) is 0 Å². The van der Waals surface area contributed by atoms with Crippen LogP contribution in [-0.4, -0.2) is 29.4 Å². The van der Waals surface area contributed by atoms with Crippen LogP contribution >= 0.6 is 24.0 Å². The lowest BCUT2D eigenvalue weighted by Crippen LogP contribution is -2.39. The van der Waals surface area contributed by atoms with E-state index in [-0.39, 0.29) is 29.9 Å². The average Bonchev–Trinajstić information content (AvgIpc) is 2.85. The summed E-state index contributed by atoms with van der Waals surface area (Å²) in [7, 11) is 0. The Labute approximate surface area is 173 Å². The number of hydrogen-bond acceptors (Lipinski definition) is 2. The fourth-order valence-electron chi connectivity index (χ4n) is 3.79. The molecule has 1 aliphatic heterocycles. The standard InChI is InChI=1S/C20H30N4O.HI/c21-20(23-18-10-3-1-2-4-11-18)22-14-16-8-5-6-9-17(16)15-24-13-7-12-19(24)25;/h5-6,8-9,18H,1-4,7,10-15H2,(H3,21,22,23);1H. The van der Waals surface area contributed by atoms with Gasteiger partial charge in [-0.1, -0.05) is 49.9 Å². The Kier molecular flexibility index (Phi) is 8.68. The number of guanidine groups is 1. The molecule has 0 aromatic heterocycles. The average molecular weight is 470 g/mol. The third-order valence-electron chi connectivity index (χ3n) is 5.28. The first-order chi connectivity index (χ1) is 12.2. The van der Waals surface area contributed by atoms with Crippen molar-refractivity contribution in [3.05, 3.63) is 35.4 Å². The van der Waals surface area contributed by atoms with Crippen LogP contribution in [0.15, 0.2) is 29.3 Å². The Morgan fingerprint density at radius 3 is 2.46 bits per heavy atom. The maximum Gasteiger partial charge on any atom is 0.222 e. The molecule has 144 valence electrons. The number of carbonyl (C=O) groups excluding carboxylic acids is 1. The first kappa shape index (κ1) is 21.0. The molecule has 1 saturated carbocycles. The molecule has 3 N–H and O–H groups in total. The molecular weight excluding hydrogens is 439 g/mol. The Balaban J connectivity index is 0.00000243. The minimum atomic E-state index is 0. The minimum Gasteiger partial charge on any atom is -0.370 e. The van der Waals surface area contributed by atoms with Crippen molar-refractivity contribution < 1.29 is 4.79 Å². The van der Waals surface area contributed by atoms with Crippen LogP contribution in [0, 0.1) is 0 Å². The second-order valence-electron chi connectivity index (χ2n) is 7.22.